The van der Waals surface area contributed by atoms with Crippen molar-refractivity contribution in [3.63, 3.8) is 0 Å². The molecule has 5 rings (SSSR count). The molecule has 104 valence electrons. The molecule has 2 saturated heterocycles. The third-order valence-electron chi connectivity index (χ3n) is 6.60. The molecule has 2 heteroatoms. The summed E-state index contributed by atoms with van der Waals surface area (Å²) in [6.45, 7) is 4.98. The Kier molecular flexibility index (Phi) is 2.15. The van der Waals surface area contributed by atoms with Gasteiger partial charge in [0.2, 0.25) is 0 Å². The van der Waals surface area contributed by atoms with Crippen LogP contribution in [-0.4, -0.2) is 29.7 Å². The lowest BCUT2D eigenvalue weighted by atomic mass is 9.59. The quantitative estimate of drug-likeness (QED) is 0.759. The Balaban J connectivity index is 1.69. The van der Waals surface area contributed by atoms with Crippen LogP contribution in [0.15, 0.2) is 29.3 Å². The van der Waals surface area contributed by atoms with Crippen molar-refractivity contribution in [3.8, 4) is 0 Å². The summed E-state index contributed by atoms with van der Waals surface area (Å²) < 4.78 is 0. The summed E-state index contributed by atoms with van der Waals surface area (Å²) in [5, 5.41) is 0. The maximum Gasteiger partial charge on any atom is 0.0671 e. The molecular formula is C18H22N2. The standard InChI is InChI=1S/C18H22N2/c1-2-12-11-20-8-7-18-14-5-3-4-6-15(14)19-16(18)9-13(12)10-17(18)20/h3-6,12-13,17H,2,7-11H2,1H3/t12-,13-,17-,18+/m1/s1. The van der Waals surface area contributed by atoms with Crippen molar-refractivity contribution in [3.05, 3.63) is 29.8 Å². The molecule has 0 aromatic heterocycles. The van der Waals surface area contributed by atoms with Gasteiger partial charge in [-0.2, -0.15) is 0 Å². The zero-order chi connectivity index (χ0) is 13.3. The fourth-order valence-corrected chi connectivity index (χ4v) is 5.64. The topological polar surface area (TPSA) is 15.6 Å². The number of benzene rings is 1. The molecule has 3 fully saturated rings. The van der Waals surface area contributed by atoms with Crippen LogP contribution in [0.1, 0.15) is 38.2 Å². The monoisotopic (exact) mass is 266 g/mol. The number of hydrogen-bond acceptors (Lipinski definition) is 2. The van der Waals surface area contributed by atoms with E-state index in [2.05, 4.69) is 36.1 Å². The molecule has 0 unspecified atom stereocenters. The fraction of sp³-hybridized carbons (Fsp3) is 0.611. The number of para-hydroxylation sites is 1. The van der Waals surface area contributed by atoms with Crippen LogP contribution in [0.5, 0.6) is 0 Å². The van der Waals surface area contributed by atoms with E-state index in [-0.39, 0.29) is 0 Å². The largest absolute Gasteiger partial charge is 0.299 e. The molecule has 1 aromatic rings. The Morgan fingerprint density at radius 2 is 2.25 bits per heavy atom. The molecule has 1 spiro atoms. The van der Waals surface area contributed by atoms with Crippen molar-refractivity contribution in [2.24, 2.45) is 16.8 Å². The van der Waals surface area contributed by atoms with Crippen molar-refractivity contribution < 1.29 is 0 Å². The van der Waals surface area contributed by atoms with Crippen LogP contribution in [0, 0.1) is 11.8 Å². The summed E-state index contributed by atoms with van der Waals surface area (Å²) in [7, 11) is 0. The van der Waals surface area contributed by atoms with Crippen LogP contribution in [0.4, 0.5) is 5.69 Å². The SMILES string of the molecule is CC[C@@H]1CN2CC[C@@]34C(=Nc5ccccc53)C[C@@H]1C[C@@H]24. The lowest BCUT2D eigenvalue weighted by Gasteiger charge is -2.50. The van der Waals surface area contributed by atoms with E-state index in [0.29, 0.717) is 5.41 Å². The van der Waals surface area contributed by atoms with E-state index in [1.54, 1.807) is 0 Å². The van der Waals surface area contributed by atoms with Gasteiger partial charge in [-0.15, -0.1) is 0 Å². The molecule has 1 saturated carbocycles. The average Bonchev–Trinajstić information content (AvgIpc) is 3.02. The Morgan fingerprint density at radius 1 is 1.35 bits per heavy atom. The molecule has 3 aliphatic heterocycles. The Hall–Kier alpha value is -1.15. The van der Waals surface area contributed by atoms with Crippen LogP contribution in [-0.2, 0) is 5.41 Å². The lowest BCUT2D eigenvalue weighted by Crippen LogP contribution is -2.57. The van der Waals surface area contributed by atoms with Gasteiger partial charge in [0.1, 0.15) is 0 Å². The first-order chi connectivity index (χ1) is 9.83. The number of nitrogens with zero attached hydrogens (tertiary/aromatic N) is 2. The molecule has 4 atom stereocenters. The minimum atomic E-state index is 0.297. The number of aliphatic imine (C=N–C) groups is 1. The third-order valence-corrected chi connectivity index (χ3v) is 6.60. The van der Waals surface area contributed by atoms with Crippen molar-refractivity contribution in [2.45, 2.75) is 44.1 Å². The molecule has 3 heterocycles. The summed E-state index contributed by atoms with van der Waals surface area (Å²) in [5.41, 5.74) is 4.63. The Morgan fingerprint density at radius 3 is 3.15 bits per heavy atom. The Bertz CT molecular complexity index is 605. The highest BCUT2D eigenvalue weighted by Crippen LogP contribution is 2.58. The first-order valence-corrected chi connectivity index (χ1v) is 8.24. The molecule has 4 aliphatic rings. The number of piperidine rings is 1. The van der Waals surface area contributed by atoms with Gasteiger partial charge in [0.15, 0.2) is 0 Å². The van der Waals surface area contributed by atoms with Gasteiger partial charge in [0.25, 0.3) is 0 Å². The molecule has 1 aliphatic carbocycles. The van der Waals surface area contributed by atoms with Crippen LogP contribution in [0.25, 0.3) is 0 Å². The van der Waals surface area contributed by atoms with Crippen molar-refractivity contribution in [1.82, 2.24) is 4.90 Å². The molecule has 0 amide bonds. The van der Waals surface area contributed by atoms with Crippen LogP contribution in [0.3, 0.4) is 0 Å². The van der Waals surface area contributed by atoms with Crippen molar-refractivity contribution >= 4 is 11.4 Å². The van der Waals surface area contributed by atoms with E-state index in [4.69, 9.17) is 4.99 Å². The molecule has 20 heavy (non-hydrogen) atoms. The van der Waals surface area contributed by atoms with E-state index in [9.17, 15) is 0 Å². The molecular weight excluding hydrogens is 244 g/mol. The second-order valence-electron chi connectivity index (χ2n) is 7.18. The van der Waals surface area contributed by atoms with Gasteiger partial charge >= 0.3 is 0 Å². The maximum absolute atomic E-state index is 5.08. The maximum atomic E-state index is 5.08. The highest BCUT2D eigenvalue weighted by Gasteiger charge is 2.60. The first kappa shape index (κ1) is 11.5. The van der Waals surface area contributed by atoms with Gasteiger partial charge in [-0.1, -0.05) is 31.5 Å². The summed E-state index contributed by atoms with van der Waals surface area (Å²) >= 11 is 0. The van der Waals surface area contributed by atoms with Crippen LogP contribution < -0.4 is 0 Å². The highest BCUT2D eigenvalue weighted by atomic mass is 15.2. The molecule has 2 nitrogen and oxygen atoms in total. The number of rotatable bonds is 1. The van der Waals surface area contributed by atoms with E-state index in [1.165, 1.54) is 55.7 Å². The molecule has 2 bridgehead atoms. The van der Waals surface area contributed by atoms with Gasteiger partial charge < -0.3 is 0 Å². The third kappa shape index (κ3) is 1.18. The second kappa shape index (κ2) is 3.73. The van der Waals surface area contributed by atoms with Crippen LogP contribution in [0.2, 0.25) is 0 Å². The summed E-state index contributed by atoms with van der Waals surface area (Å²) in [6, 6.07) is 9.66. The number of fused-ring (bicyclic) bond motifs is 2. The average molecular weight is 266 g/mol. The van der Waals surface area contributed by atoms with Crippen molar-refractivity contribution in [1.29, 1.82) is 0 Å². The molecule has 0 radical (unpaired) electrons. The van der Waals surface area contributed by atoms with Crippen LogP contribution >= 0.6 is 0 Å². The zero-order valence-corrected chi connectivity index (χ0v) is 12.2. The van der Waals surface area contributed by atoms with E-state index in [0.717, 1.165) is 17.9 Å². The smallest absolute Gasteiger partial charge is 0.0671 e. The highest BCUT2D eigenvalue weighted by molar-refractivity contribution is 6.03. The predicted molar refractivity (Wildman–Crippen MR) is 81.7 cm³/mol. The van der Waals surface area contributed by atoms with E-state index in [1.807, 2.05) is 0 Å². The number of hydrogen-bond donors (Lipinski definition) is 0. The summed E-state index contributed by atoms with van der Waals surface area (Å²) in [5.74, 6) is 1.79. The molecule has 0 N–H and O–H groups in total. The molecule has 1 aromatic carbocycles. The van der Waals surface area contributed by atoms with Gasteiger partial charge in [-0.25, -0.2) is 0 Å². The van der Waals surface area contributed by atoms with E-state index >= 15 is 0 Å². The minimum absolute atomic E-state index is 0.297. The van der Waals surface area contributed by atoms with Gasteiger partial charge in [0, 0.05) is 18.3 Å². The fourth-order valence-electron chi connectivity index (χ4n) is 5.64. The van der Waals surface area contributed by atoms with E-state index < -0.39 is 0 Å². The predicted octanol–water partition coefficient (Wildman–Crippen LogP) is 3.53. The van der Waals surface area contributed by atoms with Gasteiger partial charge in [-0.05, 0) is 49.3 Å². The zero-order valence-electron chi connectivity index (χ0n) is 12.2. The van der Waals surface area contributed by atoms with Crippen molar-refractivity contribution in [2.75, 3.05) is 13.1 Å². The summed E-state index contributed by atoms with van der Waals surface area (Å²) in [6.07, 6.45) is 5.31. The summed E-state index contributed by atoms with van der Waals surface area (Å²) in [4.78, 5) is 7.88. The normalized spacial score (nSPS) is 41.2. The lowest BCUT2D eigenvalue weighted by molar-refractivity contribution is 0.0667. The Labute approximate surface area is 120 Å². The first-order valence-electron chi connectivity index (χ1n) is 8.24. The minimum Gasteiger partial charge on any atom is -0.299 e. The van der Waals surface area contributed by atoms with Gasteiger partial charge in [-0.3, -0.25) is 9.89 Å². The van der Waals surface area contributed by atoms with Gasteiger partial charge in [0.05, 0.1) is 11.1 Å². The second-order valence-corrected chi connectivity index (χ2v) is 7.18.